The predicted molar refractivity (Wildman–Crippen MR) is 68.6 cm³/mol. The summed E-state index contributed by atoms with van der Waals surface area (Å²) in [7, 11) is 0. The number of anilines is 1. The zero-order chi connectivity index (χ0) is 11.0. The zero-order valence-electron chi connectivity index (χ0n) is 6.44. The van der Waals surface area contributed by atoms with E-state index in [9.17, 15) is 4.79 Å². The Morgan fingerprint density at radius 1 is 1.00 bits per heavy atom. The van der Waals surface area contributed by atoms with E-state index >= 15 is 0 Å². The Morgan fingerprint density at radius 2 is 1.43 bits per heavy atom. The standard InChI is InChI=1S/C7H3Br4NO2/c8-2-1(7(13)14)6(12)5(11)4(10)3(2)9/h12H2,(H,13,14). The van der Waals surface area contributed by atoms with Gasteiger partial charge in [0.15, 0.2) is 0 Å². The van der Waals surface area contributed by atoms with Crippen molar-refractivity contribution in [3.05, 3.63) is 23.5 Å². The van der Waals surface area contributed by atoms with Crippen LogP contribution in [0.2, 0.25) is 0 Å². The molecule has 0 unspecified atom stereocenters. The van der Waals surface area contributed by atoms with E-state index in [0.29, 0.717) is 17.9 Å². The maximum Gasteiger partial charge on any atom is 0.339 e. The third-order valence-electron chi connectivity index (χ3n) is 1.52. The number of benzene rings is 1. The molecule has 0 bridgehead atoms. The number of halogens is 4. The van der Waals surface area contributed by atoms with Crippen LogP contribution in [0.3, 0.4) is 0 Å². The van der Waals surface area contributed by atoms with Crippen LogP contribution in [-0.4, -0.2) is 11.1 Å². The summed E-state index contributed by atoms with van der Waals surface area (Å²) in [6.45, 7) is 0. The van der Waals surface area contributed by atoms with E-state index in [4.69, 9.17) is 10.8 Å². The van der Waals surface area contributed by atoms with Crippen LogP contribution >= 0.6 is 63.7 Å². The monoisotopic (exact) mass is 449 g/mol. The molecule has 0 amide bonds. The van der Waals surface area contributed by atoms with Gasteiger partial charge >= 0.3 is 5.97 Å². The highest BCUT2D eigenvalue weighted by Crippen LogP contribution is 2.43. The molecule has 0 radical (unpaired) electrons. The van der Waals surface area contributed by atoms with Crippen molar-refractivity contribution in [2.75, 3.05) is 5.73 Å². The van der Waals surface area contributed by atoms with Gasteiger partial charge < -0.3 is 10.8 Å². The van der Waals surface area contributed by atoms with Gasteiger partial charge in [-0.05, 0) is 63.7 Å². The smallest absolute Gasteiger partial charge is 0.339 e. The highest BCUT2D eigenvalue weighted by atomic mass is 79.9. The lowest BCUT2D eigenvalue weighted by Crippen LogP contribution is -2.05. The Labute approximate surface area is 114 Å². The normalized spacial score (nSPS) is 10.3. The molecular formula is C7H3Br4NO2. The van der Waals surface area contributed by atoms with Crippen LogP contribution in [0.15, 0.2) is 17.9 Å². The van der Waals surface area contributed by atoms with E-state index in [1.165, 1.54) is 0 Å². The Kier molecular flexibility index (Phi) is 4.02. The second kappa shape index (κ2) is 4.51. The number of hydrogen-bond donors (Lipinski definition) is 2. The van der Waals surface area contributed by atoms with Crippen molar-refractivity contribution in [3.8, 4) is 0 Å². The highest BCUT2D eigenvalue weighted by molar-refractivity contribution is 9.15. The van der Waals surface area contributed by atoms with Crippen molar-refractivity contribution in [3.63, 3.8) is 0 Å². The fourth-order valence-electron chi connectivity index (χ4n) is 0.858. The first-order valence-corrected chi connectivity index (χ1v) is 6.39. The van der Waals surface area contributed by atoms with Crippen LogP contribution in [0.5, 0.6) is 0 Å². The van der Waals surface area contributed by atoms with Gasteiger partial charge in [0.05, 0.1) is 15.7 Å². The average Bonchev–Trinajstić information content (AvgIpc) is 2.11. The fraction of sp³-hybridized carbons (Fsp3) is 0. The van der Waals surface area contributed by atoms with Crippen molar-refractivity contribution in [1.29, 1.82) is 0 Å². The molecule has 1 rings (SSSR count). The Balaban J connectivity index is 3.68. The van der Waals surface area contributed by atoms with Gasteiger partial charge in [-0.1, -0.05) is 0 Å². The van der Waals surface area contributed by atoms with Crippen molar-refractivity contribution >= 4 is 75.4 Å². The number of carbonyl (C=O) groups is 1. The highest BCUT2D eigenvalue weighted by Gasteiger charge is 2.21. The molecule has 7 heteroatoms. The summed E-state index contributed by atoms with van der Waals surface area (Å²) in [6.07, 6.45) is 0. The van der Waals surface area contributed by atoms with Crippen LogP contribution in [0.1, 0.15) is 10.4 Å². The molecule has 3 N–H and O–H groups in total. The number of aromatic carboxylic acids is 1. The van der Waals surface area contributed by atoms with Gasteiger partial charge in [-0.3, -0.25) is 0 Å². The summed E-state index contributed by atoms with van der Waals surface area (Å²) in [6, 6.07) is 0. The van der Waals surface area contributed by atoms with Gasteiger partial charge in [0.25, 0.3) is 0 Å². The summed E-state index contributed by atoms with van der Waals surface area (Å²) in [5, 5.41) is 8.92. The lowest BCUT2D eigenvalue weighted by Gasteiger charge is -2.10. The summed E-state index contributed by atoms with van der Waals surface area (Å²) in [5.74, 6) is -1.08. The number of nitrogens with two attached hydrogens (primary N) is 1. The minimum atomic E-state index is -1.08. The van der Waals surface area contributed by atoms with Crippen LogP contribution < -0.4 is 5.73 Å². The van der Waals surface area contributed by atoms with Gasteiger partial charge in [-0.2, -0.15) is 0 Å². The third kappa shape index (κ3) is 2.00. The number of rotatable bonds is 1. The first-order valence-electron chi connectivity index (χ1n) is 3.22. The van der Waals surface area contributed by atoms with Gasteiger partial charge in [0.1, 0.15) is 0 Å². The Hall–Kier alpha value is 0.410. The second-order valence-electron chi connectivity index (χ2n) is 2.35. The van der Waals surface area contributed by atoms with Crippen LogP contribution in [0, 0.1) is 0 Å². The first kappa shape index (κ1) is 12.5. The maximum absolute atomic E-state index is 10.9. The second-order valence-corrected chi connectivity index (χ2v) is 5.52. The van der Waals surface area contributed by atoms with Crippen molar-refractivity contribution in [1.82, 2.24) is 0 Å². The first-order chi connectivity index (χ1) is 6.37. The lowest BCUT2D eigenvalue weighted by molar-refractivity contribution is 0.0697. The Morgan fingerprint density at radius 3 is 1.86 bits per heavy atom. The van der Waals surface area contributed by atoms with Gasteiger partial charge in [-0.25, -0.2) is 4.79 Å². The van der Waals surface area contributed by atoms with Gasteiger partial charge in [0, 0.05) is 13.4 Å². The third-order valence-corrected chi connectivity index (χ3v) is 6.32. The van der Waals surface area contributed by atoms with Crippen LogP contribution in [0.4, 0.5) is 5.69 Å². The van der Waals surface area contributed by atoms with Crippen molar-refractivity contribution in [2.24, 2.45) is 0 Å². The Bertz CT molecular complexity index is 390. The van der Waals surface area contributed by atoms with E-state index < -0.39 is 5.97 Å². The molecule has 0 spiro atoms. The van der Waals surface area contributed by atoms with E-state index in [0.717, 1.165) is 0 Å². The predicted octanol–water partition coefficient (Wildman–Crippen LogP) is 4.02. The molecule has 0 saturated heterocycles. The molecule has 0 fully saturated rings. The number of carboxylic acid groups (broad SMARTS) is 1. The molecule has 0 atom stereocenters. The SMILES string of the molecule is Nc1c(Br)c(Br)c(Br)c(Br)c1C(=O)O. The van der Waals surface area contributed by atoms with Crippen molar-refractivity contribution in [2.45, 2.75) is 0 Å². The number of hydrogen-bond acceptors (Lipinski definition) is 2. The molecule has 1 aromatic carbocycles. The fourth-order valence-corrected chi connectivity index (χ4v) is 3.18. The summed E-state index contributed by atoms with van der Waals surface area (Å²) in [4.78, 5) is 10.9. The van der Waals surface area contributed by atoms with E-state index in [1.54, 1.807) is 0 Å². The molecule has 0 heterocycles. The van der Waals surface area contributed by atoms with Crippen molar-refractivity contribution < 1.29 is 9.90 Å². The lowest BCUT2D eigenvalue weighted by atomic mass is 10.2. The van der Waals surface area contributed by atoms with Gasteiger partial charge in [-0.15, -0.1) is 0 Å². The molecule has 0 aromatic heterocycles. The molecule has 76 valence electrons. The minimum absolute atomic E-state index is 0.0342. The number of carboxylic acids is 1. The summed E-state index contributed by atoms with van der Waals surface area (Å²) >= 11 is 12.9. The molecule has 0 aliphatic heterocycles. The number of nitrogen functional groups attached to an aromatic ring is 1. The largest absolute Gasteiger partial charge is 0.478 e. The van der Waals surface area contributed by atoms with E-state index in [2.05, 4.69) is 63.7 Å². The molecule has 0 aliphatic carbocycles. The van der Waals surface area contributed by atoms with E-state index in [1.807, 2.05) is 0 Å². The zero-order valence-corrected chi connectivity index (χ0v) is 12.8. The molecule has 0 saturated carbocycles. The molecule has 3 nitrogen and oxygen atoms in total. The minimum Gasteiger partial charge on any atom is -0.478 e. The van der Waals surface area contributed by atoms with Crippen LogP contribution in [0.25, 0.3) is 0 Å². The topological polar surface area (TPSA) is 63.3 Å². The van der Waals surface area contributed by atoms with E-state index in [-0.39, 0.29) is 11.3 Å². The molecule has 1 aromatic rings. The summed E-state index contributed by atoms with van der Waals surface area (Å²) < 4.78 is 2.21. The quantitative estimate of drug-likeness (QED) is 0.384. The van der Waals surface area contributed by atoms with Crippen LogP contribution in [-0.2, 0) is 0 Å². The molecule has 14 heavy (non-hydrogen) atoms. The van der Waals surface area contributed by atoms with Gasteiger partial charge in [0.2, 0.25) is 0 Å². The summed E-state index contributed by atoms with van der Waals surface area (Å²) in [5.41, 5.74) is 5.86. The molecule has 0 aliphatic rings. The molecular weight excluding hydrogens is 450 g/mol. The average molecular weight is 453 g/mol. The maximum atomic E-state index is 10.9.